The van der Waals surface area contributed by atoms with E-state index in [9.17, 15) is 14.9 Å². The van der Waals surface area contributed by atoms with E-state index in [1.807, 2.05) is 0 Å². The highest BCUT2D eigenvalue weighted by Gasteiger charge is 2.29. The third kappa shape index (κ3) is 2.07. The molecule has 0 fully saturated rings. The lowest BCUT2D eigenvalue weighted by Crippen LogP contribution is -2.03. The standard InChI is InChI=1S/C9H5BrN4O4/c10-5-3-1-2-4-6(5)13-11-7(9(15)16)8(12-13)14(17)18/h1-4H,(H,15,16). The maximum absolute atomic E-state index is 10.8. The van der Waals surface area contributed by atoms with Gasteiger partial charge in [0.1, 0.15) is 5.69 Å². The van der Waals surface area contributed by atoms with Crippen LogP contribution in [0.5, 0.6) is 0 Å². The maximum Gasteiger partial charge on any atom is 0.425 e. The molecule has 9 heteroatoms. The average Bonchev–Trinajstić information content (AvgIpc) is 2.74. The first-order valence-corrected chi connectivity index (χ1v) is 5.40. The largest absolute Gasteiger partial charge is 0.476 e. The van der Waals surface area contributed by atoms with Gasteiger partial charge in [0.2, 0.25) is 0 Å². The second-order valence-corrected chi connectivity index (χ2v) is 4.03. The highest BCUT2D eigenvalue weighted by atomic mass is 79.9. The van der Waals surface area contributed by atoms with E-state index in [1.165, 1.54) is 0 Å². The second-order valence-electron chi connectivity index (χ2n) is 3.18. The summed E-state index contributed by atoms with van der Waals surface area (Å²) in [6.07, 6.45) is 0. The molecule has 0 atom stereocenters. The number of aromatic carboxylic acids is 1. The van der Waals surface area contributed by atoms with Crippen LogP contribution in [0.1, 0.15) is 10.5 Å². The van der Waals surface area contributed by atoms with E-state index in [2.05, 4.69) is 26.1 Å². The molecule has 18 heavy (non-hydrogen) atoms. The van der Waals surface area contributed by atoms with Crippen molar-refractivity contribution in [2.24, 2.45) is 0 Å². The molecule has 0 saturated carbocycles. The quantitative estimate of drug-likeness (QED) is 0.681. The van der Waals surface area contributed by atoms with Crippen LogP contribution in [0.4, 0.5) is 5.82 Å². The predicted molar refractivity (Wildman–Crippen MR) is 62.7 cm³/mol. The SMILES string of the molecule is O=C(O)c1nn(-c2ccccc2Br)nc1[N+](=O)[O-]. The highest BCUT2D eigenvalue weighted by Crippen LogP contribution is 2.21. The molecule has 0 saturated heterocycles. The summed E-state index contributed by atoms with van der Waals surface area (Å²) < 4.78 is 0.590. The van der Waals surface area contributed by atoms with Crippen molar-refractivity contribution >= 4 is 27.7 Å². The molecule has 0 aliphatic rings. The van der Waals surface area contributed by atoms with E-state index in [1.54, 1.807) is 24.3 Å². The van der Waals surface area contributed by atoms with Gasteiger partial charge >= 0.3 is 11.8 Å². The van der Waals surface area contributed by atoms with E-state index >= 15 is 0 Å². The zero-order valence-corrected chi connectivity index (χ0v) is 10.2. The highest BCUT2D eigenvalue weighted by molar-refractivity contribution is 9.10. The number of nitrogens with zero attached hydrogens (tertiary/aromatic N) is 4. The molecule has 0 bridgehead atoms. The minimum atomic E-state index is -1.50. The summed E-state index contributed by atoms with van der Waals surface area (Å²) in [7, 11) is 0. The first-order valence-electron chi connectivity index (χ1n) is 4.60. The lowest BCUT2D eigenvalue weighted by molar-refractivity contribution is -0.390. The van der Waals surface area contributed by atoms with E-state index in [-0.39, 0.29) is 0 Å². The van der Waals surface area contributed by atoms with Gasteiger partial charge in [0, 0.05) is 4.47 Å². The lowest BCUT2D eigenvalue weighted by atomic mass is 10.3. The second kappa shape index (κ2) is 4.53. The molecule has 2 rings (SSSR count). The first kappa shape index (κ1) is 12.2. The van der Waals surface area contributed by atoms with Gasteiger partial charge in [-0.05, 0) is 33.0 Å². The topological polar surface area (TPSA) is 111 Å². The summed E-state index contributed by atoms with van der Waals surface area (Å²) in [6.45, 7) is 0. The molecule has 0 radical (unpaired) electrons. The van der Waals surface area contributed by atoms with Crippen LogP contribution in [0, 0.1) is 10.1 Å². The molecule has 1 N–H and O–H groups in total. The summed E-state index contributed by atoms with van der Waals surface area (Å²) in [5, 5.41) is 26.6. The Hall–Kier alpha value is -2.29. The maximum atomic E-state index is 10.8. The number of halogens is 1. The van der Waals surface area contributed by atoms with Crippen LogP contribution in [0.3, 0.4) is 0 Å². The average molecular weight is 313 g/mol. The number of aromatic nitrogens is 3. The normalized spacial score (nSPS) is 10.3. The van der Waals surface area contributed by atoms with Crippen LogP contribution < -0.4 is 0 Å². The van der Waals surface area contributed by atoms with Gasteiger partial charge in [0.15, 0.2) is 0 Å². The predicted octanol–water partition coefficient (Wildman–Crippen LogP) is 1.64. The number of rotatable bonds is 3. The number of carbonyl (C=O) groups is 1. The molecular formula is C9H5BrN4O4. The third-order valence-electron chi connectivity index (χ3n) is 2.04. The molecular weight excluding hydrogens is 308 g/mol. The summed E-state index contributed by atoms with van der Waals surface area (Å²) in [5.74, 6) is -2.29. The van der Waals surface area contributed by atoms with Crippen LogP contribution >= 0.6 is 15.9 Å². The van der Waals surface area contributed by atoms with Crippen LogP contribution in [0.2, 0.25) is 0 Å². The van der Waals surface area contributed by atoms with Crippen molar-refractivity contribution in [2.45, 2.75) is 0 Å². The van der Waals surface area contributed by atoms with Gasteiger partial charge in [-0.25, -0.2) is 4.79 Å². The zero-order valence-electron chi connectivity index (χ0n) is 8.65. The molecule has 92 valence electrons. The molecule has 1 aromatic heterocycles. The van der Waals surface area contributed by atoms with E-state index in [0.717, 1.165) is 4.80 Å². The summed E-state index contributed by atoms with van der Waals surface area (Å²) >= 11 is 3.22. The number of hydrogen-bond acceptors (Lipinski definition) is 5. The summed E-state index contributed by atoms with van der Waals surface area (Å²) in [4.78, 5) is 21.5. The van der Waals surface area contributed by atoms with Crippen molar-refractivity contribution in [2.75, 3.05) is 0 Å². The third-order valence-corrected chi connectivity index (χ3v) is 2.71. The number of carboxylic acids is 1. The minimum absolute atomic E-state index is 0.410. The van der Waals surface area contributed by atoms with Crippen LogP contribution in [-0.2, 0) is 0 Å². The van der Waals surface area contributed by atoms with Crippen molar-refractivity contribution in [1.82, 2.24) is 15.0 Å². The van der Waals surface area contributed by atoms with Gasteiger partial charge in [-0.3, -0.25) is 0 Å². The fraction of sp³-hybridized carbons (Fsp3) is 0. The number of hydrogen-bond donors (Lipinski definition) is 1. The van der Waals surface area contributed by atoms with E-state index in [0.29, 0.717) is 10.2 Å². The monoisotopic (exact) mass is 312 g/mol. The van der Waals surface area contributed by atoms with E-state index < -0.39 is 22.4 Å². The van der Waals surface area contributed by atoms with Crippen LogP contribution in [-0.4, -0.2) is 31.0 Å². The number of carboxylic acid groups (broad SMARTS) is 1. The molecule has 0 aliphatic carbocycles. The Labute approximate surface area is 108 Å². The number of para-hydroxylation sites is 1. The molecule has 1 heterocycles. The molecule has 2 aromatic rings. The Morgan fingerprint density at radius 1 is 1.39 bits per heavy atom. The molecule has 1 aromatic carbocycles. The van der Waals surface area contributed by atoms with Crippen molar-refractivity contribution in [3.8, 4) is 5.69 Å². The Kier molecular flexibility index (Phi) is 3.06. The van der Waals surface area contributed by atoms with Gasteiger partial charge in [0.25, 0.3) is 5.69 Å². The molecule has 0 spiro atoms. The lowest BCUT2D eigenvalue weighted by Gasteiger charge is -1.96. The number of nitro groups is 1. The molecule has 0 unspecified atom stereocenters. The van der Waals surface area contributed by atoms with Gasteiger partial charge in [0.05, 0.1) is 5.10 Å². The van der Waals surface area contributed by atoms with Crippen LogP contribution in [0.25, 0.3) is 5.69 Å². The summed E-state index contributed by atoms with van der Waals surface area (Å²) in [6, 6.07) is 6.70. The van der Waals surface area contributed by atoms with Gasteiger partial charge in [-0.15, -0.1) is 5.10 Å². The summed E-state index contributed by atoms with van der Waals surface area (Å²) in [5.41, 5.74) is -0.288. The van der Waals surface area contributed by atoms with Gasteiger partial charge in [-0.2, -0.15) is 0 Å². The Morgan fingerprint density at radius 2 is 2.06 bits per heavy atom. The van der Waals surface area contributed by atoms with Crippen LogP contribution in [0.15, 0.2) is 28.7 Å². The molecule has 0 amide bonds. The van der Waals surface area contributed by atoms with Gasteiger partial charge in [-0.1, -0.05) is 16.9 Å². The molecule has 8 nitrogen and oxygen atoms in total. The fourth-order valence-electron chi connectivity index (χ4n) is 1.28. The smallest absolute Gasteiger partial charge is 0.425 e. The Morgan fingerprint density at radius 3 is 2.56 bits per heavy atom. The Bertz CT molecular complexity index is 608. The minimum Gasteiger partial charge on any atom is -0.476 e. The van der Waals surface area contributed by atoms with Crippen molar-refractivity contribution < 1.29 is 14.8 Å². The zero-order chi connectivity index (χ0) is 13.3. The first-order chi connectivity index (χ1) is 8.50. The molecule has 0 aliphatic heterocycles. The Balaban J connectivity index is 2.61. The number of benzene rings is 1. The van der Waals surface area contributed by atoms with Gasteiger partial charge < -0.3 is 15.2 Å². The van der Waals surface area contributed by atoms with Crippen molar-refractivity contribution in [3.63, 3.8) is 0 Å². The van der Waals surface area contributed by atoms with E-state index in [4.69, 9.17) is 5.11 Å². The van der Waals surface area contributed by atoms with Crippen molar-refractivity contribution in [3.05, 3.63) is 44.5 Å². The van der Waals surface area contributed by atoms with Crippen molar-refractivity contribution in [1.29, 1.82) is 0 Å². The fourth-order valence-corrected chi connectivity index (χ4v) is 1.73.